The lowest BCUT2D eigenvalue weighted by Crippen LogP contribution is -2.59. The molecule has 1 N–H and O–H groups in total. The van der Waals surface area contributed by atoms with Crippen molar-refractivity contribution in [3.8, 4) is 5.75 Å². The van der Waals surface area contributed by atoms with Crippen LogP contribution in [0.25, 0.3) is 0 Å². The van der Waals surface area contributed by atoms with Crippen LogP contribution < -0.4 is 4.74 Å². The first-order valence-corrected chi connectivity index (χ1v) is 15.8. The number of Topliss-reactive ketones (excluding diaryl/α,β-unsaturated/α-hetero) is 1. The molecule has 1 saturated heterocycles. The van der Waals surface area contributed by atoms with Gasteiger partial charge in [-0.1, -0.05) is 39.8 Å². The summed E-state index contributed by atoms with van der Waals surface area (Å²) in [6.07, 6.45) is 8.89. The molecule has 7 atom stereocenters. The van der Waals surface area contributed by atoms with Crippen molar-refractivity contribution >= 4 is 5.78 Å². The Morgan fingerprint density at radius 1 is 0.923 bits per heavy atom. The molecular formula is C34H52N2O3. The highest BCUT2D eigenvalue weighted by Crippen LogP contribution is 2.68. The molecule has 1 aliphatic heterocycles. The number of nitrogens with zero attached hydrogens (tertiary/aromatic N) is 2. The maximum absolute atomic E-state index is 13.4. The molecule has 216 valence electrons. The number of β-amino-alcohol motifs (C(OH)–C–C–N with tert-alkyl or cyclic N) is 1. The molecule has 4 saturated carbocycles. The fourth-order valence-electron chi connectivity index (χ4n) is 10.4. The average molecular weight is 537 g/mol. The van der Waals surface area contributed by atoms with Crippen LogP contribution in [0.2, 0.25) is 0 Å². The lowest BCUT2D eigenvalue weighted by atomic mass is 9.44. The minimum absolute atomic E-state index is 0.0992. The van der Waals surface area contributed by atoms with E-state index in [1.165, 1.54) is 24.8 Å². The predicted molar refractivity (Wildman–Crippen MR) is 156 cm³/mol. The normalized spacial score (nSPS) is 42.5. The minimum atomic E-state index is -0.555. The molecule has 0 radical (unpaired) electrons. The van der Waals surface area contributed by atoms with E-state index >= 15 is 0 Å². The van der Waals surface area contributed by atoms with Gasteiger partial charge in [0.05, 0.1) is 12.7 Å². The molecule has 0 amide bonds. The third kappa shape index (κ3) is 4.78. The first-order valence-electron chi connectivity index (χ1n) is 15.8. The van der Waals surface area contributed by atoms with Crippen LogP contribution in [0.4, 0.5) is 0 Å². The Hall–Kier alpha value is -1.43. The zero-order valence-electron chi connectivity index (χ0n) is 25.2. The lowest BCUT2D eigenvalue weighted by Gasteiger charge is -2.61. The molecule has 1 aromatic carbocycles. The van der Waals surface area contributed by atoms with Crippen molar-refractivity contribution in [2.45, 2.75) is 91.2 Å². The Kier molecular flexibility index (Phi) is 7.00. The number of hydrogen-bond acceptors (Lipinski definition) is 5. The maximum atomic E-state index is 13.4. The van der Waals surface area contributed by atoms with Crippen molar-refractivity contribution in [3.05, 3.63) is 29.8 Å². The number of ether oxygens (including phenoxy) is 1. The molecule has 5 aliphatic rings. The lowest BCUT2D eigenvalue weighted by molar-refractivity contribution is -0.158. The summed E-state index contributed by atoms with van der Waals surface area (Å²) in [4.78, 5) is 18.4. The van der Waals surface area contributed by atoms with E-state index in [1.807, 2.05) is 6.07 Å². The second-order valence-corrected chi connectivity index (χ2v) is 15.4. The van der Waals surface area contributed by atoms with Crippen molar-refractivity contribution in [1.29, 1.82) is 0 Å². The molecule has 0 unspecified atom stereocenters. The second kappa shape index (κ2) is 9.84. The van der Waals surface area contributed by atoms with Crippen LogP contribution in [0.1, 0.15) is 84.6 Å². The van der Waals surface area contributed by atoms with E-state index < -0.39 is 5.60 Å². The van der Waals surface area contributed by atoms with Gasteiger partial charge in [0.1, 0.15) is 11.5 Å². The van der Waals surface area contributed by atoms with Crippen molar-refractivity contribution in [2.24, 2.45) is 39.9 Å². The molecular weight excluding hydrogens is 484 g/mol. The Morgan fingerprint density at radius 3 is 2.41 bits per heavy atom. The number of carbonyl (C=O) groups is 1. The summed E-state index contributed by atoms with van der Waals surface area (Å²) in [5, 5.41) is 11.9. The van der Waals surface area contributed by atoms with Crippen LogP contribution in [0, 0.1) is 39.9 Å². The molecule has 4 aliphatic carbocycles. The van der Waals surface area contributed by atoms with Gasteiger partial charge < -0.3 is 9.84 Å². The van der Waals surface area contributed by atoms with Crippen LogP contribution in [0.3, 0.4) is 0 Å². The number of ketones is 1. The molecule has 1 heterocycles. The fraction of sp³-hybridized carbons (Fsp3) is 0.794. The van der Waals surface area contributed by atoms with Crippen LogP contribution in [0.15, 0.2) is 24.3 Å². The Bertz CT molecular complexity index is 1080. The number of aliphatic hydroxyl groups is 1. The van der Waals surface area contributed by atoms with E-state index in [9.17, 15) is 9.90 Å². The number of hydrogen-bond donors (Lipinski definition) is 1. The van der Waals surface area contributed by atoms with E-state index in [1.54, 1.807) is 7.11 Å². The standard InChI is InChI=1S/C34H52N2O3/c1-31(2)21-29-27-10-9-25-20-34(38,14-13-32(25,3)28(27)11-12-33(29,4)30(31)37)23-36-17-15-35(16-18-36)22-24-7-6-8-26(19-24)39-5/h6-8,19,25,27-29,38H,9-18,20-23H2,1-5H3/t25-,27+,28-,29-,32-,33-,34+/m0/s1. The summed E-state index contributed by atoms with van der Waals surface area (Å²) < 4.78 is 5.40. The van der Waals surface area contributed by atoms with Gasteiger partial charge in [0.2, 0.25) is 0 Å². The van der Waals surface area contributed by atoms with Gasteiger partial charge in [-0.15, -0.1) is 0 Å². The zero-order chi connectivity index (χ0) is 27.6. The monoisotopic (exact) mass is 536 g/mol. The Labute approximate surface area is 236 Å². The van der Waals surface area contributed by atoms with Crippen molar-refractivity contribution in [2.75, 3.05) is 39.8 Å². The number of benzene rings is 1. The largest absolute Gasteiger partial charge is 0.497 e. The summed E-state index contributed by atoms with van der Waals surface area (Å²) in [7, 11) is 1.73. The van der Waals surface area contributed by atoms with Crippen LogP contribution in [0.5, 0.6) is 5.75 Å². The highest BCUT2D eigenvalue weighted by molar-refractivity contribution is 5.92. The molecule has 0 spiro atoms. The van der Waals surface area contributed by atoms with E-state index in [0.29, 0.717) is 29.0 Å². The van der Waals surface area contributed by atoms with E-state index in [-0.39, 0.29) is 10.8 Å². The second-order valence-electron chi connectivity index (χ2n) is 15.4. The smallest absolute Gasteiger partial charge is 0.144 e. The highest BCUT2D eigenvalue weighted by atomic mass is 16.5. The maximum Gasteiger partial charge on any atom is 0.144 e. The third-order valence-corrected chi connectivity index (χ3v) is 12.6. The first kappa shape index (κ1) is 27.7. The number of methoxy groups -OCH3 is 1. The molecule has 0 aromatic heterocycles. The molecule has 5 fully saturated rings. The Morgan fingerprint density at radius 2 is 1.67 bits per heavy atom. The van der Waals surface area contributed by atoms with Crippen molar-refractivity contribution < 1.29 is 14.6 Å². The molecule has 6 rings (SSSR count). The summed E-state index contributed by atoms with van der Waals surface area (Å²) >= 11 is 0. The summed E-state index contributed by atoms with van der Waals surface area (Å²) in [5.41, 5.74) is 0.814. The van der Waals surface area contributed by atoms with Crippen LogP contribution in [-0.2, 0) is 11.3 Å². The molecule has 0 bridgehead atoms. The first-order chi connectivity index (χ1) is 18.5. The number of rotatable bonds is 5. The van der Waals surface area contributed by atoms with Gasteiger partial charge in [0.25, 0.3) is 0 Å². The molecule has 39 heavy (non-hydrogen) atoms. The van der Waals surface area contributed by atoms with Gasteiger partial charge in [-0.25, -0.2) is 0 Å². The summed E-state index contributed by atoms with van der Waals surface area (Å²) in [6.45, 7) is 15.2. The summed E-state index contributed by atoms with van der Waals surface area (Å²) in [5.74, 6) is 4.05. The zero-order valence-corrected chi connectivity index (χ0v) is 25.2. The molecule has 5 nitrogen and oxygen atoms in total. The van der Waals surface area contributed by atoms with E-state index in [0.717, 1.165) is 83.0 Å². The van der Waals surface area contributed by atoms with Crippen LogP contribution >= 0.6 is 0 Å². The molecule has 1 aromatic rings. The molecule has 5 heteroatoms. The van der Waals surface area contributed by atoms with Gasteiger partial charge in [-0.05, 0) is 98.1 Å². The quantitative estimate of drug-likeness (QED) is 0.516. The Balaban J connectivity index is 1.06. The SMILES string of the molecule is COc1cccc(CN2CCN(C[C@@]3(O)CC[C@@]4(C)[C@@H](CC[C@@H]5[C@@H]4CC[C@]4(C)C(=O)C(C)(C)C[C@@H]54)C3)CC2)c1. The fourth-order valence-corrected chi connectivity index (χ4v) is 10.4. The third-order valence-electron chi connectivity index (χ3n) is 12.6. The van der Waals surface area contributed by atoms with Gasteiger partial charge >= 0.3 is 0 Å². The van der Waals surface area contributed by atoms with Gasteiger partial charge in [0, 0.05) is 50.1 Å². The predicted octanol–water partition coefficient (Wildman–Crippen LogP) is 5.79. The van der Waals surface area contributed by atoms with Gasteiger partial charge in [-0.2, -0.15) is 0 Å². The van der Waals surface area contributed by atoms with Gasteiger partial charge in [-0.3, -0.25) is 14.6 Å². The number of carbonyl (C=O) groups excluding carboxylic acids is 1. The average Bonchev–Trinajstić information content (AvgIpc) is 3.10. The van der Waals surface area contributed by atoms with Crippen LogP contribution in [-0.4, -0.2) is 66.1 Å². The van der Waals surface area contributed by atoms with Crippen molar-refractivity contribution in [3.63, 3.8) is 0 Å². The van der Waals surface area contributed by atoms with Crippen molar-refractivity contribution in [1.82, 2.24) is 9.80 Å². The number of fused-ring (bicyclic) bond motifs is 5. The highest BCUT2D eigenvalue weighted by Gasteiger charge is 2.64. The number of piperazine rings is 1. The minimum Gasteiger partial charge on any atom is -0.497 e. The summed E-state index contributed by atoms with van der Waals surface area (Å²) in [6, 6.07) is 8.40. The van der Waals surface area contributed by atoms with E-state index in [2.05, 4.69) is 55.7 Å². The van der Waals surface area contributed by atoms with E-state index in [4.69, 9.17) is 4.74 Å². The van der Waals surface area contributed by atoms with Gasteiger partial charge in [0.15, 0.2) is 0 Å². The topological polar surface area (TPSA) is 53.0 Å².